The van der Waals surface area contributed by atoms with Gasteiger partial charge in [-0.15, -0.1) is 3.89 Å². The molecule has 2 aromatic rings. The van der Waals surface area contributed by atoms with Crippen molar-refractivity contribution in [2.75, 3.05) is 12.3 Å². The second kappa shape index (κ2) is 5.64. The minimum atomic E-state index is -4.55. The van der Waals surface area contributed by atoms with Crippen molar-refractivity contribution in [2.45, 2.75) is 13.0 Å². The summed E-state index contributed by atoms with van der Waals surface area (Å²) in [7, 11) is -4.55. The summed E-state index contributed by atoms with van der Waals surface area (Å²) >= 11 is 0. The quantitative estimate of drug-likeness (QED) is 0.806. The highest BCUT2D eigenvalue weighted by Crippen LogP contribution is 2.23. The van der Waals surface area contributed by atoms with Gasteiger partial charge in [0, 0.05) is 37.0 Å². The van der Waals surface area contributed by atoms with Crippen molar-refractivity contribution >= 4 is 27.0 Å². The first-order valence-corrected chi connectivity index (χ1v) is 8.50. The number of hydrogen-bond donors (Lipinski definition) is 0. The van der Waals surface area contributed by atoms with Gasteiger partial charge in [0.1, 0.15) is 0 Å². The van der Waals surface area contributed by atoms with Crippen LogP contribution in [0.2, 0.25) is 0 Å². The molecule has 1 atom stereocenters. The lowest BCUT2D eigenvalue weighted by Crippen LogP contribution is -2.25. The summed E-state index contributed by atoms with van der Waals surface area (Å²) in [6, 6.07) is 9.62. The number of carbonyl (C=O) groups is 1. The van der Waals surface area contributed by atoms with Crippen LogP contribution in [0.1, 0.15) is 12.0 Å². The molecule has 1 fully saturated rings. The zero-order valence-electron chi connectivity index (χ0n) is 11.8. The Hall–Kier alpha value is -2.02. The average Bonchev–Trinajstić information content (AvgIpc) is 2.76. The molecule has 5 nitrogen and oxygen atoms in total. The molecular weight excluding hydrogens is 307 g/mol. The molecule has 0 spiro atoms. The maximum absolute atomic E-state index is 12.7. The van der Waals surface area contributed by atoms with Crippen LogP contribution in [0.25, 0.3) is 10.9 Å². The molecule has 0 N–H and O–H groups in total. The molecule has 7 heteroatoms. The van der Waals surface area contributed by atoms with E-state index in [-0.39, 0.29) is 18.9 Å². The summed E-state index contributed by atoms with van der Waals surface area (Å²) in [5.41, 5.74) is 1.75. The van der Waals surface area contributed by atoms with Gasteiger partial charge in [0.05, 0.1) is 11.3 Å². The number of pyridine rings is 1. The van der Waals surface area contributed by atoms with Gasteiger partial charge in [-0.3, -0.25) is 9.78 Å². The third-order valence-corrected chi connectivity index (χ3v) is 4.62. The minimum absolute atomic E-state index is 0.0736. The first-order valence-electron chi connectivity index (χ1n) is 6.94. The first kappa shape index (κ1) is 14.9. The van der Waals surface area contributed by atoms with Crippen LogP contribution in [0.15, 0.2) is 36.5 Å². The van der Waals surface area contributed by atoms with Gasteiger partial charge in [0.25, 0.3) is 0 Å². The Morgan fingerprint density at radius 1 is 1.32 bits per heavy atom. The van der Waals surface area contributed by atoms with E-state index in [1.165, 1.54) is 0 Å². The van der Waals surface area contributed by atoms with Crippen molar-refractivity contribution in [3.63, 3.8) is 0 Å². The van der Waals surface area contributed by atoms with E-state index in [1.807, 2.05) is 30.3 Å². The Kier molecular flexibility index (Phi) is 3.82. The lowest BCUT2D eigenvalue weighted by Gasteiger charge is -2.16. The predicted molar refractivity (Wildman–Crippen MR) is 80.2 cm³/mol. The molecule has 0 aliphatic carbocycles. The number of carbonyl (C=O) groups excluding carboxylic acids is 1. The summed E-state index contributed by atoms with van der Waals surface area (Å²) in [5.74, 6) is -1.22. The molecule has 2 heterocycles. The van der Waals surface area contributed by atoms with Crippen LogP contribution in [0.5, 0.6) is 0 Å². The van der Waals surface area contributed by atoms with Gasteiger partial charge >= 0.3 is 10.2 Å². The van der Waals surface area contributed by atoms with Gasteiger partial charge in [-0.05, 0) is 17.7 Å². The lowest BCUT2D eigenvalue weighted by molar-refractivity contribution is -0.128. The first-order chi connectivity index (χ1) is 10.4. The summed E-state index contributed by atoms with van der Waals surface area (Å²) in [6.45, 7) is 0.619. The Morgan fingerprint density at radius 2 is 2.09 bits per heavy atom. The Bertz CT molecular complexity index is 822. The fourth-order valence-corrected chi connectivity index (χ4v) is 3.61. The maximum atomic E-state index is 12.7. The van der Waals surface area contributed by atoms with Gasteiger partial charge in [0.15, 0.2) is 0 Å². The predicted octanol–water partition coefficient (Wildman–Crippen LogP) is 1.88. The van der Waals surface area contributed by atoms with E-state index >= 15 is 0 Å². The number of aromatic nitrogens is 1. The van der Waals surface area contributed by atoms with Crippen molar-refractivity contribution in [1.29, 1.82) is 0 Å². The molecule has 1 unspecified atom stereocenters. The van der Waals surface area contributed by atoms with Gasteiger partial charge in [0.2, 0.25) is 5.91 Å². The molecule has 1 aromatic heterocycles. The molecule has 116 valence electrons. The van der Waals surface area contributed by atoms with Crippen molar-refractivity contribution < 1.29 is 17.1 Å². The Morgan fingerprint density at radius 3 is 2.86 bits per heavy atom. The van der Waals surface area contributed by atoms with Gasteiger partial charge in [-0.2, -0.15) is 8.42 Å². The fraction of sp³-hybridized carbons (Fsp3) is 0.333. The van der Waals surface area contributed by atoms with E-state index in [9.17, 15) is 17.1 Å². The monoisotopic (exact) mass is 322 g/mol. The lowest BCUT2D eigenvalue weighted by atomic mass is 10.1. The number of hydrogen-bond acceptors (Lipinski definition) is 4. The third kappa shape index (κ3) is 3.41. The largest absolute Gasteiger partial charge is 0.338 e. The normalized spacial score (nSPS) is 19.0. The number of rotatable bonds is 4. The number of benzene rings is 1. The average molecular weight is 322 g/mol. The van der Waals surface area contributed by atoms with Crippen molar-refractivity contribution in [1.82, 2.24) is 9.88 Å². The van der Waals surface area contributed by atoms with E-state index in [1.54, 1.807) is 11.1 Å². The second-order valence-corrected chi connectivity index (χ2v) is 7.00. The van der Waals surface area contributed by atoms with Crippen LogP contribution in [0, 0.1) is 5.92 Å². The van der Waals surface area contributed by atoms with Crippen LogP contribution in [-0.2, 0) is 21.6 Å². The maximum Gasteiger partial charge on any atom is 0.302 e. The SMILES string of the molecule is O=C1CC(CS(=O)(=O)F)CN1Cc1cnc2ccccc2c1. The number of para-hydroxylation sites is 1. The third-order valence-electron chi connectivity index (χ3n) is 3.75. The zero-order valence-corrected chi connectivity index (χ0v) is 12.6. The van der Waals surface area contributed by atoms with Crippen LogP contribution in [0.4, 0.5) is 3.89 Å². The molecule has 0 bridgehead atoms. The number of nitrogens with zero attached hydrogens (tertiary/aromatic N) is 2. The van der Waals surface area contributed by atoms with Crippen LogP contribution in [0.3, 0.4) is 0 Å². The standard InChI is InChI=1S/C15H15FN2O3S/c16-22(20,21)10-12-6-15(19)18(9-12)8-11-5-13-3-1-2-4-14(13)17-7-11/h1-5,7,12H,6,8-10H2. The number of amides is 1. The van der Waals surface area contributed by atoms with Gasteiger partial charge in [-0.1, -0.05) is 18.2 Å². The van der Waals surface area contributed by atoms with E-state index in [4.69, 9.17) is 0 Å². The van der Waals surface area contributed by atoms with Gasteiger partial charge in [-0.25, -0.2) is 0 Å². The van der Waals surface area contributed by atoms with E-state index in [2.05, 4.69) is 4.98 Å². The van der Waals surface area contributed by atoms with E-state index in [0.717, 1.165) is 16.5 Å². The highest BCUT2D eigenvalue weighted by molar-refractivity contribution is 7.86. The molecule has 1 aliphatic heterocycles. The molecule has 1 amide bonds. The minimum Gasteiger partial charge on any atom is -0.338 e. The summed E-state index contributed by atoms with van der Waals surface area (Å²) in [5, 5.41) is 0.981. The summed E-state index contributed by atoms with van der Waals surface area (Å²) in [4.78, 5) is 17.8. The van der Waals surface area contributed by atoms with Crippen LogP contribution in [-0.4, -0.2) is 36.5 Å². The number of halogens is 1. The van der Waals surface area contributed by atoms with E-state index < -0.39 is 21.9 Å². The molecule has 0 saturated carbocycles. The second-order valence-electron chi connectivity index (χ2n) is 5.59. The van der Waals surface area contributed by atoms with Crippen LogP contribution >= 0.6 is 0 Å². The molecule has 1 aliphatic rings. The number of fused-ring (bicyclic) bond motifs is 1. The highest BCUT2D eigenvalue weighted by Gasteiger charge is 2.32. The molecule has 3 rings (SSSR count). The molecule has 22 heavy (non-hydrogen) atoms. The highest BCUT2D eigenvalue weighted by atomic mass is 32.3. The molecule has 1 aromatic carbocycles. The summed E-state index contributed by atoms with van der Waals surface area (Å²) < 4.78 is 34.1. The molecule has 0 radical (unpaired) electrons. The summed E-state index contributed by atoms with van der Waals surface area (Å²) in [6.07, 6.45) is 1.78. The topological polar surface area (TPSA) is 67.3 Å². The Balaban J connectivity index is 1.73. The smallest absolute Gasteiger partial charge is 0.302 e. The van der Waals surface area contributed by atoms with Crippen LogP contribution < -0.4 is 0 Å². The fourth-order valence-electron chi connectivity index (χ4n) is 2.82. The number of likely N-dealkylation sites (tertiary alicyclic amines) is 1. The van der Waals surface area contributed by atoms with E-state index in [0.29, 0.717) is 6.54 Å². The van der Waals surface area contributed by atoms with Crippen molar-refractivity contribution in [2.24, 2.45) is 5.92 Å². The van der Waals surface area contributed by atoms with Crippen molar-refractivity contribution in [3.8, 4) is 0 Å². The molecular formula is C15H15FN2O3S. The zero-order chi connectivity index (χ0) is 15.7. The van der Waals surface area contributed by atoms with Gasteiger partial charge < -0.3 is 4.90 Å². The van der Waals surface area contributed by atoms with Crippen molar-refractivity contribution in [3.05, 3.63) is 42.1 Å². The Labute approximate surface area is 128 Å². The molecule has 1 saturated heterocycles.